The van der Waals surface area contributed by atoms with Crippen molar-refractivity contribution in [2.24, 2.45) is 0 Å². The van der Waals surface area contributed by atoms with Gasteiger partial charge < -0.3 is 9.72 Å². The number of rotatable bonds is 3. The fourth-order valence-corrected chi connectivity index (χ4v) is 2.98. The van der Waals surface area contributed by atoms with Gasteiger partial charge in [-0.3, -0.25) is 4.79 Å². The van der Waals surface area contributed by atoms with Gasteiger partial charge in [-0.25, -0.2) is 4.39 Å². The molecule has 1 heterocycles. The van der Waals surface area contributed by atoms with Gasteiger partial charge in [0.2, 0.25) is 5.78 Å². The topological polar surface area (TPSA) is 42.1 Å². The van der Waals surface area contributed by atoms with Gasteiger partial charge in [0.15, 0.2) is 0 Å². The number of aromatic nitrogens is 1. The summed E-state index contributed by atoms with van der Waals surface area (Å²) in [4.78, 5) is 15.8. The van der Waals surface area contributed by atoms with E-state index in [1.165, 1.54) is 6.07 Å². The van der Waals surface area contributed by atoms with Gasteiger partial charge in [-0.15, -0.1) is 0 Å². The van der Waals surface area contributed by atoms with Crippen LogP contribution in [0, 0.1) is 5.82 Å². The summed E-state index contributed by atoms with van der Waals surface area (Å²) >= 11 is 0. The predicted molar refractivity (Wildman–Crippen MR) is 92.2 cm³/mol. The van der Waals surface area contributed by atoms with Crippen molar-refractivity contribution < 1.29 is 13.9 Å². The van der Waals surface area contributed by atoms with E-state index in [1.807, 2.05) is 12.1 Å². The van der Waals surface area contributed by atoms with Crippen LogP contribution in [0.2, 0.25) is 0 Å². The largest absolute Gasteiger partial charge is 0.497 e. The molecular weight excluding hydrogens is 305 g/mol. The summed E-state index contributed by atoms with van der Waals surface area (Å²) in [6, 6.07) is 17.4. The monoisotopic (exact) mass is 319 g/mol. The van der Waals surface area contributed by atoms with Crippen molar-refractivity contribution in [3.63, 3.8) is 0 Å². The lowest BCUT2D eigenvalue weighted by molar-refractivity contribution is 0.103. The third-order valence-electron chi connectivity index (χ3n) is 4.17. The second-order valence-electron chi connectivity index (χ2n) is 5.61. The third-order valence-corrected chi connectivity index (χ3v) is 4.17. The number of nitrogens with one attached hydrogen (secondary N) is 1. The second kappa shape index (κ2) is 5.49. The van der Waals surface area contributed by atoms with Crippen molar-refractivity contribution in [3.05, 3.63) is 77.7 Å². The Balaban J connectivity index is 1.88. The Hall–Kier alpha value is -3.14. The van der Waals surface area contributed by atoms with Gasteiger partial charge in [0.05, 0.1) is 12.8 Å². The number of hydrogen-bond acceptors (Lipinski definition) is 2. The number of ketones is 1. The molecule has 24 heavy (non-hydrogen) atoms. The fraction of sp³-hybridized carbons (Fsp3) is 0.0500. The third kappa shape index (κ3) is 2.24. The number of aromatic amines is 1. The minimum Gasteiger partial charge on any atom is -0.497 e. The van der Waals surface area contributed by atoms with E-state index in [0.29, 0.717) is 27.9 Å². The lowest BCUT2D eigenvalue weighted by Crippen LogP contribution is -2.01. The smallest absolute Gasteiger partial charge is 0.209 e. The van der Waals surface area contributed by atoms with Crippen molar-refractivity contribution in [1.29, 1.82) is 0 Å². The van der Waals surface area contributed by atoms with Gasteiger partial charge in [-0.1, -0.05) is 36.4 Å². The van der Waals surface area contributed by atoms with Crippen LogP contribution in [0.15, 0.2) is 60.7 Å². The molecule has 3 nitrogen and oxygen atoms in total. The Bertz CT molecular complexity index is 1080. The molecule has 0 radical (unpaired) electrons. The minimum atomic E-state index is -0.305. The Labute approximate surface area is 137 Å². The van der Waals surface area contributed by atoms with E-state index in [1.54, 1.807) is 49.6 Å². The fourth-order valence-electron chi connectivity index (χ4n) is 2.98. The lowest BCUT2D eigenvalue weighted by Gasteiger charge is -2.02. The van der Waals surface area contributed by atoms with Gasteiger partial charge in [-0.2, -0.15) is 0 Å². The Morgan fingerprint density at radius 3 is 2.54 bits per heavy atom. The molecular formula is C20H14FNO2. The molecule has 4 heteroatoms. The maximum atomic E-state index is 14.2. The number of halogens is 1. The first-order chi connectivity index (χ1) is 11.7. The summed E-state index contributed by atoms with van der Waals surface area (Å²) in [7, 11) is 1.56. The number of carbonyl (C=O) groups is 1. The van der Waals surface area contributed by atoms with E-state index in [4.69, 9.17) is 4.74 Å². The molecule has 4 rings (SSSR count). The van der Waals surface area contributed by atoms with Crippen LogP contribution in [-0.2, 0) is 0 Å². The Kier molecular flexibility index (Phi) is 3.31. The predicted octanol–water partition coefficient (Wildman–Crippen LogP) is 4.70. The van der Waals surface area contributed by atoms with Gasteiger partial charge in [0, 0.05) is 21.9 Å². The molecule has 0 aliphatic rings. The molecule has 1 aromatic heterocycles. The van der Waals surface area contributed by atoms with Crippen molar-refractivity contribution in [2.45, 2.75) is 0 Å². The van der Waals surface area contributed by atoms with Gasteiger partial charge >= 0.3 is 0 Å². The van der Waals surface area contributed by atoms with E-state index >= 15 is 0 Å². The molecule has 0 bridgehead atoms. The van der Waals surface area contributed by atoms with E-state index in [-0.39, 0.29) is 11.6 Å². The van der Waals surface area contributed by atoms with Crippen LogP contribution >= 0.6 is 0 Å². The number of hydrogen-bond donors (Lipinski definition) is 1. The van der Waals surface area contributed by atoms with Crippen LogP contribution in [0.25, 0.3) is 21.7 Å². The maximum Gasteiger partial charge on any atom is 0.209 e. The molecule has 3 aromatic carbocycles. The highest BCUT2D eigenvalue weighted by Gasteiger charge is 2.15. The SMILES string of the molecule is COc1cccc(C(=O)c2cc3c(cc(F)c4ccccc43)[nH]2)c1. The molecule has 0 saturated carbocycles. The van der Waals surface area contributed by atoms with Gasteiger partial charge in [0.1, 0.15) is 11.6 Å². The summed E-state index contributed by atoms with van der Waals surface area (Å²) in [5, 5.41) is 2.16. The number of benzene rings is 3. The lowest BCUT2D eigenvalue weighted by atomic mass is 10.0. The zero-order valence-electron chi connectivity index (χ0n) is 13.0. The zero-order valence-corrected chi connectivity index (χ0v) is 13.0. The molecule has 0 amide bonds. The summed E-state index contributed by atoms with van der Waals surface area (Å²) < 4.78 is 19.4. The van der Waals surface area contributed by atoms with Crippen molar-refractivity contribution in [1.82, 2.24) is 4.98 Å². The molecule has 0 aliphatic heterocycles. The summed E-state index contributed by atoms with van der Waals surface area (Å²) in [5.74, 6) is 0.156. The normalized spacial score (nSPS) is 11.1. The molecule has 0 aliphatic carbocycles. The number of H-pyrrole nitrogens is 1. The van der Waals surface area contributed by atoms with Gasteiger partial charge in [0.25, 0.3) is 0 Å². The highest BCUT2D eigenvalue weighted by molar-refractivity contribution is 6.14. The van der Waals surface area contributed by atoms with Crippen LogP contribution in [0.5, 0.6) is 5.75 Å². The standard InChI is InChI=1S/C20H14FNO2/c1-24-13-6-4-5-12(9-13)20(23)19-10-16-14-7-2-3-8-15(14)17(21)11-18(16)22-19/h2-11,22H,1H3. The average molecular weight is 319 g/mol. The minimum absolute atomic E-state index is 0.158. The van der Waals surface area contributed by atoms with Crippen LogP contribution in [0.1, 0.15) is 16.1 Å². The van der Waals surface area contributed by atoms with E-state index < -0.39 is 0 Å². The van der Waals surface area contributed by atoms with Crippen LogP contribution < -0.4 is 4.74 Å². The summed E-state index contributed by atoms with van der Waals surface area (Å²) in [6.07, 6.45) is 0. The highest BCUT2D eigenvalue weighted by atomic mass is 19.1. The molecule has 1 N–H and O–H groups in total. The zero-order chi connectivity index (χ0) is 16.7. The first-order valence-electron chi connectivity index (χ1n) is 7.56. The van der Waals surface area contributed by atoms with Crippen LogP contribution in [0.4, 0.5) is 4.39 Å². The van der Waals surface area contributed by atoms with Crippen molar-refractivity contribution in [3.8, 4) is 5.75 Å². The van der Waals surface area contributed by atoms with Crippen molar-refractivity contribution in [2.75, 3.05) is 7.11 Å². The molecule has 0 unspecified atom stereocenters. The first kappa shape index (κ1) is 14.5. The molecule has 0 spiro atoms. The number of ether oxygens (including phenoxy) is 1. The molecule has 0 saturated heterocycles. The summed E-state index contributed by atoms with van der Waals surface area (Å²) in [6.45, 7) is 0. The summed E-state index contributed by atoms with van der Waals surface area (Å²) in [5.41, 5.74) is 1.55. The van der Waals surface area contributed by atoms with E-state index in [9.17, 15) is 9.18 Å². The maximum absolute atomic E-state index is 14.2. The Morgan fingerprint density at radius 1 is 0.958 bits per heavy atom. The number of fused-ring (bicyclic) bond motifs is 3. The molecule has 0 atom stereocenters. The van der Waals surface area contributed by atoms with Crippen LogP contribution in [-0.4, -0.2) is 17.9 Å². The second-order valence-corrected chi connectivity index (χ2v) is 5.61. The number of methoxy groups -OCH3 is 1. The van der Waals surface area contributed by atoms with Crippen LogP contribution in [0.3, 0.4) is 0 Å². The molecule has 118 valence electrons. The van der Waals surface area contributed by atoms with E-state index in [0.717, 1.165) is 10.8 Å². The molecule has 0 fully saturated rings. The Morgan fingerprint density at radius 2 is 1.75 bits per heavy atom. The average Bonchev–Trinajstić information content (AvgIpc) is 3.05. The molecule has 4 aromatic rings. The first-order valence-corrected chi connectivity index (χ1v) is 7.56. The quantitative estimate of drug-likeness (QED) is 0.556. The van der Waals surface area contributed by atoms with Gasteiger partial charge in [-0.05, 0) is 29.7 Å². The van der Waals surface area contributed by atoms with Crippen molar-refractivity contribution >= 4 is 27.5 Å². The van der Waals surface area contributed by atoms with E-state index in [2.05, 4.69) is 4.98 Å². The number of carbonyl (C=O) groups excluding carboxylic acids is 1. The highest BCUT2D eigenvalue weighted by Crippen LogP contribution is 2.29.